The number of likely N-dealkylation sites (N-methyl/N-ethyl adjacent to an activating group) is 1. The fourth-order valence-corrected chi connectivity index (χ4v) is 2.53. The third kappa shape index (κ3) is 5.25. The smallest absolute Gasteiger partial charge is 0.191 e. The van der Waals surface area contributed by atoms with Crippen LogP contribution in [0.15, 0.2) is 36.0 Å². The zero-order chi connectivity index (χ0) is 16.5. The molecule has 0 aromatic carbocycles. The van der Waals surface area contributed by atoms with E-state index in [-0.39, 0.29) is 0 Å². The number of nitrogens with one attached hydrogen (secondary N) is 2. The SMILES string of the molecule is C=CCNC(=NCc1cccnc1N1CCN(C)CC1)NCC. The largest absolute Gasteiger partial charge is 0.357 e. The Morgan fingerprint density at radius 3 is 2.83 bits per heavy atom. The van der Waals surface area contributed by atoms with Crippen LogP contribution in [-0.2, 0) is 6.54 Å². The second kappa shape index (κ2) is 9.15. The fourth-order valence-electron chi connectivity index (χ4n) is 2.53. The first-order valence-electron chi connectivity index (χ1n) is 8.25. The molecule has 1 aromatic rings. The number of guanidine groups is 1. The third-order valence-electron chi connectivity index (χ3n) is 3.84. The van der Waals surface area contributed by atoms with E-state index >= 15 is 0 Å². The molecule has 0 spiro atoms. The summed E-state index contributed by atoms with van der Waals surface area (Å²) in [5.41, 5.74) is 1.16. The van der Waals surface area contributed by atoms with Crippen molar-refractivity contribution in [2.75, 3.05) is 51.2 Å². The van der Waals surface area contributed by atoms with E-state index < -0.39 is 0 Å². The van der Waals surface area contributed by atoms with Crippen LogP contribution in [-0.4, -0.2) is 62.2 Å². The van der Waals surface area contributed by atoms with E-state index in [0.717, 1.165) is 50.1 Å². The van der Waals surface area contributed by atoms with Gasteiger partial charge in [-0.15, -0.1) is 6.58 Å². The Kier molecular flexibility index (Phi) is 6.87. The van der Waals surface area contributed by atoms with Crippen LogP contribution in [0.4, 0.5) is 5.82 Å². The van der Waals surface area contributed by atoms with Gasteiger partial charge in [-0.05, 0) is 20.0 Å². The lowest BCUT2D eigenvalue weighted by atomic mass is 10.2. The van der Waals surface area contributed by atoms with E-state index in [9.17, 15) is 0 Å². The van der Waals surface area contributed by atoms with Crippen LogP contribution in [0.5, 0.6) is 0 Å². The zero-order valence-electron chi connectivity index (χ0n) is 14.3. The van der Waals surface area contributed by atoms with Gasteiger partial charge in [0.25, 0.3) is 0 Å². The molecule has 6 nitrogen and oxygen atoms in total. The van der Waals surface area contributed by atoms with E-state index in [2.05, 4.69) is 57.0 Å². The normalized spacial score (nSPS) is 16.3. The Hall–Kier alpha value is -2.08. The van der Waals surface area contributed by atoms with E-state index in [1.807, 2.05) is 18.3 Å². The molecule has 1 aromatic heterocycles. The van der Waals surface area contributed by atoms with Crippen LogP contribution in [0.25, 0.3) is 0 Å². The Morgan fingerprint density at radius 1 is 1.35 bits per heavy atom. The summed E-state index contributed by atoms with van der Waals surface area (Å²) in [5, 5.41) is 6.47. The van der Waals surface area contributed by atoms with Crippen LogP contribution in [0.1, 0.15) is 12.5 Å². The molecule has 0 unspecified atom stereocenters. The number of hydrogen-bond donors (Lipinski definition) is 2. The minimum atomic E-state index is 0.613. The van der Waals surface area contributed by atoms with Crippen LogP contribution in [0.3, 0.4) is 0 Å². The molecular weight excluding hydrogens is 288 g/mol. The Labute approximate surface area is 139 Å². The maximum Gasteiger partial charge on any atom is 0.191 e. The summed E-state index contributed by atoms with van der Waals surface area (Å²) >= 11 is 0. The average Bonchev–Trinajstić information content (AvgIpc) is 2.58. The molecule has 1 aliphatic heterocycles. The van der Waals surface area contributed by atoms with Gasteiger partial charge < -0.3 is 20.4 Å². The topological polar surface area (TPSA) is 55.8 Å². The Bertz CT molecular complexity index is 520. The molecule has 1 aliphatic rings. The molecular formula is C17H28N6. The van der Waals surface area contributed by atoms with Crippen molar-refractivity contribution in [3.05, 3.63) is 36.5 Å². The number of aromatic nitrogens is 1. The number of piperazine rings is 1. The molecule has 0 radical (unpaired) electrons. The number of nitrogens with zero attached hydrogens (tertiary/aromatic N) is 4. The summed E-state index contributed by atoms with van der Waals surface area (Å²) in [4.78, 5) is 14.0. The van der Waals surface area contributed by atoms with Gasteiger partial charge in [-0.25, -0.2) is 9.98 Å². The average molecular weight is 316 g/mol. The highest BCUT2D eigenvalue weighted by molar-refractivity contribution is 5.79. The molecule has 126 valence electrons. The molecule has 0 atom stereocenters. The number of rotatable bonds is 6. The maximum atomic E-state index is 4.66. The van der Waals surface area contributed by atoms with Crippen molar-refractivity contribution in [2.24, 2.45) is 4.99 Å². The number of aliphatic imine (C=N–C) groups is 1. The van der Waals surface area contributed by atoms with E-state index in [1.165, 1.54) is 0 Å². The van der Waals surface area contributed by atoms with E-state index in [1.54, 1.807) is 0 Å². The molecule has 1 fully saturated rings. The summed E-state index contributed by atoms with van der Waals surface area (Å²) < 4.78 is 0. The summed E-state index contributed by atoms with van der Waals surface area (Å²) in [6, 6.07) is 4.09. The fraction of sp³-hybridized carbons (Fsp3) is 0.529. The zero-order valence-corrected chi connectivity index (χ0v) is 14.3. The van der Waals surface area contributed by atoms with E-state index in [0.29, 0.717) is 13.1 Å². The van der Waals surface area contributed by atoms with Crippen molar-refractivity contribution in [3.63, 3.8) is 0 Å². The molecule has 0 bridgehead atoms. The van der Waals surface area contributed by atoms with Crippen LogP contribution in [0.2, 0.25) is 0 Å². The highest BCUT2D eigenvalue weighted by Gasteiger charge is 2.17. The summed E-state index contributed by atoms with van der Waals surface area (Å²) in [5.74, 6) is 1.87. The number of hydrogen-bond acceptors (Lipinski definition) is 4. The lowest BCUT2D eigenvalue weighted by molar-refractivity contribution is 0.312. The standard InChI is InChI=1S/C17H28N6/c1-4-8-20-17(18-5-2)21-14-15-7-6-9-19-16(15)23-12-10-22(3)11-13-23/h4,6-7,9H,1,5,8,10-14H2,2-3H3,(H2,18,20,21). The van der Waals surface area contributed by atoms with Crippen molar-refractivity contribution in [3.8, 4) is 0 Å². The van der Waals surface area contributed by atoms with Crippen molar-refractivity contribution in [1.82, 2.24) is 20.5 Å². The minimum absolute atomic E-state index is 0.613. The molecule has 23 heavy (non-hydrogen) atoms. The summed E-state index contributed by atoms with van der Waals surface area (Å²) in [6.45, 7) is 12.1. The molecule has 2 N–H and O–H groups in total. The number of pyridine rings is 1. The van der Waals surface area contributed by atoms with Gasteiger partial charge in [0.15, 0.2) is 5.96 Å². The minimum Gasteiger partial charge on any atom is -0.357 e. The van der Waals surface area contributed by atoms with Gasteiger partial charge in [-0.2, -0.15) is 0 Å². The van der Waals surface area contributed by atoms with Crippen molar-refractivity contribution < 1.29 is 0 Å². The van der Waals surface area contributed by atoms with Gasteiger partial charge in [0.2, 0.25) is 0 Å². The van der Waals surface area contributed by atoms with Gasteiger partial charge in [-0.1, -0.05) is 12.1 Å². The van der Waals surface area contributed by atoms with Crippen LogP contribution in [0, 0.1) is 0 Å². The second-order valence-electron chi connectivity index (χ2n) is 5.64. The maximum absolute atomic E-state index is 4.66. The Morgan fingerprint density at radius 2 is 2.13 bits per heavy atom. The predicted molar refractivity (Wildman–Crippen MR) is 97.0 cm³/mol. The molecule has 6 heteroatoms. The van der Waals surface area contributed by atoms with Crippen LogP contribution < -0.4 is 15.5 Å². The molecule has 2 heterocycles. The molecule has 2 rings (SSSR count). The first-order chi connectivity index (χ1) is 11.2. The van der Waals surface area contributed by atoms with E-state index in [4.69, 9.17) is 0 Å². The quantitative estimate of drug-likeness (QED) is 0.467. The highest BCUT2D eigenvalue weighted by atomic mass is 15.3. The van der Waals surface area contributed by atoms with Crippen molar-refractivity contribution in [1.29, 1.82) is 0 Å². The number of anilines is 1. The predicted octanol–water partition coefficient (Wildman–Crippen LogP) is 1.07. The Balaban J connectivity index is 2.08. The first kappa shape index (κ1) is 17.3. The first-order valence-corrected chi connectivity index (χ1v) is 8.25. The summed E-state index contributed by atoms with van der Waals surface area (Å²) in [7, 11) is 2.16. The van der Waals surface area contributed by atoms with Gasteiger partial charge >= 0.3 is 0 Å². The highest BCUT2D eigenvalue weighted by Crippen LogP contribution is 2.19. The third-order valence-corrected chi connectivity index (χ3v) is 3.84. The molecule has 0 saturated carbocycles. The van der Waals surface area contributed by atoms with Gasteiger partial charge in [0.1, 0.15) is 5.82 Å². The summed E-state index contributed by atoms with van der Waals surface area (Å²) in [6.07, 6.45) is 3.69. The molecule has 0 amide bonds. The van der Waals surface area contributed by atoms with Crippen LogP contribution >= 0.6 is 0 Å². The van der Waals surface area contributed by atoms with Gasteiger partial charge in [0, 0.05) is 51.0 Å². The molecule has 1 saturated heterocycles. The van der Waals surface area contributed by atoms with Gasteiger partial charge in [-0.3, -0.25) is 0 Å². The van der Waals surface area contributed by atoms with Crippen molar-refractivity contribution >= 4 is 11.8 Å². The van der Waals surface area contributed by atoms with Crippen molar-refractivity contribution in [2.45, 2.75) is 13.5 Å². The van der Waals surface area contributed by atoms with Gasteiger partial charge in [0.05, 0.1) is 6.54 Å². The second-order valence-corrected chi connectivity index (χ2v) is 5.64. The lowest BCUT2D eigenvalue weighted by Gasteiger charge is -2.34. The molecule has 0 aliphatic carbocycles. The lowest BCUT2D eigenvalue weighted by Crippen LogP contribution is -2.45. The monoisotopic (exact) mass is 316 g/mol.